The van der Waals surface area contributed by atoms with Crippen molar-refractivity contribution < 1.29 is 75.1 Å². The van der Waals surface area contributed by atoms with Crippen LogP contribution in [0.3, 0.4) is 0 Å². The van der Waals surface area contributed by atoms with Crippen LogP contribution in [-0.2, 0) is 12.2 Å². The first kappa shape index (κ1) is 37.1. The number of hydrogen-bond acceptors (Lipinski definition) is 15. The molecule has 4 aliphatic rings. The van der Waals surface area contributed by atoms with Gasteiger partial charge in [-0.05, 0) is 59.7 Å². The molecule has 0 aliphatic carbocycles. The molecule has 0 saturated heterocycles. The Kier molecular flexibility index (Phi) is 8.13. The van der Waals surface area contributed by atoms with E-state index in [4.69, 9.17) is 18.9 Å². The first-order valence-corrected chi connectivity index (χ1v) is 18.9. The second-order valence-electron chi connectivity index (χ2n) is 15.4. The highest BCUT2D eigenvalue weighted by atomic mass is 16.7. The predicted octanol–water partition coefficient (Wildman–Crippen LogP) is 5.13. The molecule has 15 heteroatoms. The maximum Gasteiger partial charge on any atom is 0.305 e. The number of phenols is 8. The third-order valence-corrected chi connectivity index (χ3v) is 11.9. The molecule has 0 amide bonds. The summed E-state index contributed by atoms with van der Waals surface area (Å²) in [5, 5.41) is 124. The van der Waals surface area contributed by atoms with Crippen LogP contribution in [-0.4, -0.2) is 74.5 Å². The monoisotopic (exact) mass is 816 g/mol. The number of aliphatic hydroxyl groups excluding tert-OH is 3. The van der Waals surface area contributed by atoms with E-state index in [0.717, 1.165) is 12.1 Å². The van der Waals surface area contributed by atoms with Gasteiger partial charge in [-0.1, -0.05) is 24.3 Å². The van der Waals surface area contributed by atoms with Crippen LogP contribution < -0.4 is 18.9 Å². The Hall–Kier alpha value is -7.20. The standard InChI is InChI=1S/C45H36O15/c46-21-7-1-18(2-8-21)40-30(54)15-25-26(50)16-28(52)34(42(25)57-40)37-35-29(53)17-32-36(43(35)58-41(39(37)55)19-3-9-22(47)10-4-19)38-33-27(51)13-24(49)14-31(33)59-45(60-32,44(38)56)20-5-11-23(48)12-6-20/h1-14,16-17,30,37-41,44,46-56H,15H2/t30-,37-,38?,39+,40+,41?,44+,45-/m0/s1. The number of aromatic hydroxyl groups is 8. The van der Waals surface area contributed by atoms with Gasteiger partial charge in [-0.3, -0.25) is 0 Å². The highest BCUT2D eigenvalue weighted by Crippen LogP contribution is 2.65. The zero-order valence-corrected chi connectivity index (χ0v) is 31.0. The van der Waals surface area contributed by atoms with E-state index in [1.165, 1.54) is 72.8 Å². The normalized spacial score (nSPS) is 25.8. The highest BCUT2D eigenvalue weighted by molar-refractivity contribution is 5.72. The van der Waals surface area contributed by atoms with Crippen molar-refractivity contribution in [1.82, 2.24) is 0 Å². The Balaban J connectivity index is 1.24. The first-order chi connectivity index (χ1) is 28.7. The summed E-state index contributed by atoms with van der Waals surface area (Å²) in [6.07, 6.45) is -7.17. The smallest absolute Gasteiger partial charge is 0.305 e. The SMILES string of the molecule is Oc1ccc(C2Oc3c4c(cc(O)c3[C@H](c3c(O)cc(O)c5c3O[C@H](c3ccc(O)cc3)[C@@H](O)C5)[C@H]2O)O[C@]2(c3ccc(O)cc3)Oc3cc(O)cc(O)c3C4[C@H]2O)cc1. The van der Waals surface area contributed by atoms with E-state index in [1.807, 2.05) is 0 Å². The lowest BCUT2D eigenvalue weighted by Gasteiger charge is -2.51. The third kappa shape index (κ3) is 5.40. The fourth-order valence-corrected chi connectivity index (χ4v) is 9.17. The highest BCUT2D eigenvalue weighted by Gasteiger charge is 2.61. The van der Waals surface area contributed by atoms with Crippen molar-refractivity contribution in [3.63, 3.8) is 0 Å². The molecular formula is C45H36O15. The van der Waals surface area contributed by atoms with Gasteiger partial charge in [0.2, 0.25) is 0 Å². The Bertz CT molecular complexity index is 2700. The summed E-state index contributed by atoms with van der Waals surface area (Å²) in [5.41, 5.74) is 0.936. The van der Waals surface area contributed by atoms with Crippen molar-refractivity contribution >= 4 is 0 Å². The summed E-state index contributed by atoms with van der Waals surface area (Å²) in [6.45, 7) is 0. The van der Waals surface area contributed by atoms with Crippen LogP contribution >= 0.6 is 0 Å². The summed E-state index contributed by atoms with van der Waals surface area (Å²) in [6, 6.07) is 21.8. The quantitative estimate of drug-likeness (QED) is 0.110. The van der Waals surface area contributed by atoms with Crippen molar-refractivity contribution in [2.75, 3.05) is 0 Å². The van der Waals surface area contributed by atoms with Gasteiger partial charge in [0.1, 0.15) is 87.3 Å². The van der Waals surface area contributed by atoms with Crippen LogP contribution in [0.25, 0.3) is 0 Å². The Labute approximate surface area is 339 Å². The minimum absolute atomic E-state index is 0.0125. The van der Waals surface area contributed by atoms with Crippen LogP contribution in [0.2, 0.25) is 0 Å². The van der Waals surface area contributed by atoms with E-state index in [2.05, 4.69) is 0 Å². The van der Waals surface area contributed by atoms with Crippen molar-refractivity contribution in [1.29, 1.82) is 0 Å². The van der Waals surface area contributed by atoms with Crippen molar-refractivity contribution in [3.05, 3.63) is 142 Å². The zero-order chi connectivity index (χ0) is 41.9. The summed E-state index contributed by atoms with van der Waals surface area (Å²) < 4.78 is 26.0. The average Bonchev–Trinajstić information content (AvgIpc) is 3.20. The van der Waals surface area contributed by atoms with Crippen LogP contribution in [0.1, 0.15) is 68.6 Å². The molecule has 4 aliphatic heterocycles. The minimum atomic E-state index is -2.09. The Morgan fingerprint density at radius 1 is 0.467 bits per heavy atom. The molecule has 10 rings (SSSR count). The largest absolute Gasteiger partial charge is 0.508 e. The van der Waals surface area contributed by atoms with E-state index in [0.29, 0.717) is 11.1 Å². The van der Waals surface area contributed by atoms with Gasteiger partial charge < -0.3 is 75.1 Å². The average molecular weight is 817 g/mol. The molecule has 2 bridgehead atoms. The molecule has 60 heavy (non-hydrogen) atoms. The summed E-state index contributed by atoms with van der Waals surface area (Å²) in [4.78, 5) is 0. The molecule has 0 saturated carbocycles. The van der Waals surface area contributed by atoms with Crippen molar-refractivity contribution in [2.24, 2.45) is 0 Å². The van der Waals surface area contributed by atoms with E-state index >= 15 is 0 Å². The number of benzene rings is 6. The molecule has 2 unspecified atom stereocenters. The lowest BCUT2D eigenvalue weighted by Crippen LogP contribution is -2.57. The lowest BCUT2D eigenvalue weighted by atomic mass is 9.71. The maximum atomic E-state index is 12.5. The molecule has 11 N–H and O–H groups in total. The van der Waals surface area contributed by atoms with Gasteiger partial charge in [0, 0.05) is 64.1 Å². The van der Waals surface area contributed by atoms with E-state index in [-0.39, 0.29) is 85.8 Å². The van der Waals surface area contributed by atoms with Crippen LogP contribution in [0.5, 0.6) is 69.0 Å². The van der Waals surface area contributed by atoms with E-state index in [1.54, 1.807) is 12.1 Å². The molecular weight excluding hydrogens is 780 g/mol. The van der Waals surface area contributed by atoms with Crippen molar-refractivity contribution in [3.8, 4) is 69.0 Å². The molecule has 6 aromatic carbocycles. The topological polar surface area (TPSA) is 259 Å². The van der Waals surface area contributed by atoms with Gasteiger partial charge >= 0.3 is 5.79 Å². The maximum absolute atomic E-state index is 12.5. The summed E-state index contributed by atoms with van der Waals surface area (Å²) in [5.74, 6) is -7.82. The van der Waals surface area contributed by atoms with Crippen LogP contribution in [0.15, 0.2) is 97.1 Å². The Morgan fingerprint density at radius 3 is 1.62 bits per heavy atom. The molecule has 0 spiro atoms. The molecule has 8 atom stereocenters. The second kappa shape index (κ2) is 13.2. The van der Waals surface area contributed by atoms with Gasteiger partial charge in [0.05, 0.1) is 17.9 Å². The number of fused-ring (bicyclic) bond motifs is 9. The fourth-order valence-electron chi connectivity index (χ4n) is 9.17. The number of rotatable bonds is 4. The number of hydrogen-bond donors (Lipinski definition) is 11. The molecule has 306 valence electrons. The molecule has 0 radical (unpaired) electrons. The first-order valence-electron chi connectivity index (χ1n) is 18.9. The van der Waals surface area contributed by atoms with E-state index < -0.39 is 71.1 Å². The third-order valence-electron chi connectivity index (χ3n) is 11.9. The fraction of sp³-hybridized carbons (Fsp3) is 0.200. The minimum Gasteiger partial charge on any atom is -0.508 e. The molecule has 15 nitrogen and oxygen atoms in total. The van der Waals surface area contributed by atoms with Gasteiger partial charge in [-0.2, -0.15) is 0 Å². The molecule has 0 fully saturated rings. The van der Waals surface area contributed by atoms with Gasteiger partial charge in [-0.15, -0.1) is 0 Å². The lowest BCUT2D eigenvalue weighted by molar-refractivity contribution is -0.219. The van der Waals surface area contributed by atoms with Crippen molar-refractivity contribution in [2.45, 2.75) is 54.6 Å². The van der Waals surface area contributed by atoms with Gasteiger partial charge in [0.15, 0.2) is 6.10 Å². The predicted molar refractivity (Wildman–Crippen MR) is 207 cm³/mol. The van der Waals surface area contributed by atoms with Gasteiger partial charge in [-0.25, -0.2) is 0 Å². The second-order valence-corrected chi connectivity index (χ2v) is 15.4. The number of phenolic OH excluding ortho intramolecular Hbond substituents is 8. The number of ether oxygens (including phenoxy) is 4. The zero-order valence-electron chi connectivity index (χ0n) is 31.0. The van der Waals surface area contributed by atoms with Crippen LogP contribution in [0.4, 0.5) is 0 Å². The summed E-state index contributed by atoms with van der Waals surface area (Å²) in [7, 11) is 0. The molecule has 0 aromatic heterocycles. The number of aliphatic hydroxyl groups is 3. The van der Waals surface area contributed by atoms with Gasteiger partial charge in [0.25, 0.3) is 0 Å². The molecule has 6 aromatic rings. The van der Waals surface area contributed by atoms with Crippen LogP contribution in [0, 0.1) is 0 Å². The van der Waals surface area contributed by atoms with E-state index in [9.17, 15) is 56.2 Å². The Morgan fingerprint density at radius 2 is 0.983 bits per heavy atom. The summed E-state index contributed by atoms with van der Waals surface area (Å²) >= 11 is 0. The molecule has 4 heterocycles.